The van der Waals surface area contributed by atoms with Crippen molar-refractivity contribution in [3.63, 3.8) is 0 Å². The summed E-state index contributed by atoms with van der Waals surface area (Å²) in [5.74, 6) is 0.402. The van der Waals surface area contributed by atoms with E-state index in [2.05, 4.69) is 10.3 Å². The standard InChI is InChI=1S/C15H16N2O2/c1-10-4-6-16-13(8-10)14(11-2-3-11)17-15(18)12-5-7-19-9-12/h4-9,11,14H,2-3H2,1H3,(H,17,18)/t14-/m0/s1. The molecule has 1 N–H and O–H groups in total. The Bertz CT molecular complexity index is 574. The molecule has 2 heterocycles. The fourth-order valence-electron chi connectivity index (χ4n) is 2.21. The molecule has 2 aromatic heterocycles. The van der Waals surface area contributed by atoms with Gasteiger partial charge in [0.1, 0.15) is 6.26 Å². The summed E-state index contributed by atoms with van der Waals surface area (Å²) in [5, 5.41) is 3.06. The predicted molar refractivity (Wildman–Crippen MR) is 70.6 cm³/mol. The van der Waals surface area contributed by atoms with Crippen LogP contribution in [0.25, 0.3) is 0 Å². The van der Waals surface area contributed by atoms with Crippen molar-refractivity contribution in [2.75, 3.05) is 0 Å². The number of hydrogen-bond donors (Lipinski definition) is 1. The molecule has 1 aliphatic rings. The summed E-state index contributed by atoms with van der Waals surface area (Å²) >= 11 is 0. The number of pyridine rings is 1. The second-order valence-corrected chi connectivity index (χ2v) is 5.06. The highest BCUT2D eigenvalue weighted by molar-refractivity contribution is 5.94. The summed E-state index contributed by atoms with van der Waals surface area (Å²) in [5.41, 5.74) is 2.66. The highest BCUT2D eigenvalue weighted by atomic mass is 16.3. The Hall–Kier alpha value is -2.10. The van der Waals surface area contributed by atoms with E-state index in [1.807, 2.05) is 19.1 Å². The van der Waals surface area contributed by atoms with Crippen LogP contribution in [0.3, 0.4) is 0 Å². The van der Waals surface area contributed by atoms with E-state index >= 15 is 0 Å². The number of carbonyl (C=O) groups is 1. The second-order valence-electron chi connectivity index (χ2n) is 5.06. The minimum Gasteiger partial charge on any atom is -0.472 e. The first-order valence-corrected chi connectivity index (χ1v) is 6.49. The SMILES string of the molecule is Cc1ccnc([C@@H](NC(=O)c2ccoc2)C2CC2)c1. The monoisotopic (exact) mass is 256 g/mol. The largest absolute Gasteiger partial charge is 0.472 e. The third-order valence-corrected chi connectivity index (χ3v) is 3.42. The molecule has 1 amide bonds. The summed E-state index contributed by atoms with van der Waals surface area (Å²) in [7, 11) is 0. The van der Waals surface area contributed by atoms with Crippen LogP contribution in [0.5, 0.6) is 0 Å². The zero-order valence-electron chi connectivity index (χ0n) is 10.8. The van der Waals surface area contributed by atoms with Crippen LogP contribution in [-0.2, 0) is 0 Å². The smallest absolute Gasteiger partial charge is 0.255 e. The third kappa shape index (κ3) is 2.67. The van der Waals surface area contributed by atoms with Crippen LogP contribution in [0.4, 0.5) is 0 Å². The molecule has 19 heavy (non-hydrogen) atoms. The first-order valence-electron chi connectivity index (χ1n) is 6.49. The minimum absolute atomic E-state index is 0.00213. The normalized spacial score (nSPS) is 16.1. The van der Waals surface area contributed by atoms with Gasteiger partial charge >= 0.3 is 0 Å². The van der Waals surface area contributed by atoms with Gasteiger partial charge in [0, 0.05) is 6.20 Å². The molecular formula is C15H16N2O2. The van der Waals surface area contributed by atoms with Crippen molar-refractivity contribution < 1.29 is 9.21 Å². The number of rotatable bonds is 4. The lowest BCUT2D eigenvalue weighted by molar-refractivity contribution is 0.0930. The summed E-state index contributed by atoms with van der Waals surface area (Å²) in [6, 6.07) is 5.68. The molecule has 0 radical (unpaired) electrons. The van der Waals surface area contributed by atoms with Crippen molar-refractivity contribution >= 4 is 5.91 Å². The maximum Gasteiger partial charge on any atom is 0.255 e. The Morgan fingerprint density at radius 1 is 1.47 bits per heavy atom. The fourth-order valence-corrected chi connectivity index (χ4v) is 2.21. The van der Waals surface area contributed by atoms with E-state index in [0.717, 1.165) is 24.1 Å². The number of nitrogens with zero attached hydrogens (tertiary/aromatic N) is 1. The maximum absolute atomic E-state index is 12.1. The fraction of sp³-hybridized carbons (Fsp3) is 0.333. The highest BCUT2D eigenvalue weighted by Crippen LogP contribution is 2.40. The average molecular weight is 256 g/mol. The lowest BCUT2D eigenvalue weighted by atomic mass is 10.1. The number of aryl methyl sites for hydroxylation is 1. The Labute approximate surface area is 111 Å². The van der Waals surface area contributed by atoms with E-state index in [-0.39, 0.29) is 11.9 Å². The average Bonchev–Trinajstić information content (AvgIpc) is 3.09. The zero-order chi connectivity index (χ0) is 13.2. The summed E-state index contributed by atoms with van der Waals surface area (Å²) in [6.07, 6.45) is 7.05. The molecule has 2 aromatic rings. The maximum atomic E-state index is 12.1. The topological polar surface area (TPSA) is 55.1 Å². The van der Waals surface area contributed by atoms with Gasteiger partial charge in [-0.05, 0) is 49.4 Å². The van der Waals surface area contributed by atoms with Gasteiger partial charge in [-0.3, -0.25) is 9.78 Å². The van der Waals surface area contributed by atoms with Gasteiger partial charge in [0.25, 0.3) is 5.91 Å². The molecule has 0 aromatic carbocycles. The molecule has 98 valence electrons. The lowest BCUT2D eigenvalue weighted by Gasteiger charge is -2.17. The molecule has 0 aliphatic heterocycles. The van der Waals surface area contributed by atoms with Crippen LogP contribution in [-0.4, -0.2) is 10.9 Å². The van der Waals surface area contributed by atoms with Gasteiger partial charge in [-0.1, -0.05) is 0 Å². The second kappa shape index (κ2) is 4.88. The number of amides is 1. The molecule has 4 nitrogen and oxygen atoms in total. The molecule has 0 bridgehead atoms. The Balaban J connectivity index is 1.80. The summed E-state index contributed by atoms with van der Waals surface area (Å²) < 4.78 is 4.94. The molecule has 1 aliphatic carbocycles. The quantitative estimate of drug-likeness (QED) is 0.915. The number of aromatic nitrogens is 1. The van der Waals surface area contributed by atoms with Crippen LogP contribution in [0.1, 0.15) is 40.5 Å². The van der Waals surface area contributed by atoms with Crippen molar-refractivity contribution in [1.82, 2.24) is 10.3 Å². The molecule has 3 rings (SSSR count). The zero-order valence-corrected chi connectivity index (χ0v) is 10.8. The number of hydrogen-bond acceptors (Lipinski definition) is 3. The Kier molecular flexibility index (Phi) is 3.07. The van der Waals surface area contributed by atoms with E-state index < -0.39 is 0 Å². The van der Waals surface area contributed by atoms with Gasteiger partial charge < -0.3 is 9.73 Å². The number of nitrogens with one attached hydrogen (secondary N) is 1. The number of furan rings is 1. The van der Waals surface area contributed by atoms with Crippen LogP contribution in [0, 0.1) is 12.8 Å². The van der Waals surface area contributed by atoms with Crippen LogP contribution >= 0.6 is 0 Å². The summed E-state index contributed by atoms with van der Waals surface area (Å²) in [4.78, 5) is 16.5. The highest BCUT2D eigenvalue weighted by Gasteiger charge is 2.34. The lowest BCUT2D eigenvalue weighted by Crippen LogP contribution is -2.30. The van der Waals surface area contributed by atoms with E-state index in [9.17, 15) is 4.79 Å². The first-order chi connectivity index (χ1) is 9.24. The Morgan fingerprint density at radius 3 is 2.95 bits per heavy atom. The first kappa shape index (κ1) is 12.0. The van der Waals surface area contributed by atoms with Gasteiger partial charge in [0.15, 0.2) is 0 Å². The molecule has 1 fully saturated rings. The molecule has 1 atom stereocenters. The van der Waals surface area contributed by atoms with Gasteiger partial charge in [-0.2, -0.15) is 0 Å². The van der Waals surface area contributed by atoms with E-state index in [0.29, 0.717) is 11.5 Å². The van der Waals surface area contributed by atoms with Crippen LogP contribution in [0.15, 0.2) is 41.3 Å². The molecule has 1 saturated carbocycles. The van der Waals surface area contributed by atoms with Gasteiger partial charge in [0.05, 0.1) is 23.6 Å². The molecule has 0 spiro atoms. The van der Waals surface area contributed by atoms with Crippen molar-refractivity contribution in [2.24, 2.45) is 5.92 Å². The van der Waals surface area contributed by atoms with Gasteiger partial charge in [-0.25, -0.2) is 0 Å². The Morgan fingerprint density at radius 2 is 2.32 bits per heavy atom. The van der Waals surface area contributed by atoms with Crippen LogP contribution < -0.4 is 5.32 Å². The van der Waals surface area contributed by atoms with Crippen molar-refractivity contribution in [2.45, 2.75) is 25.8 Å². The van der Waals surface area contributed by atoms with Crippen molar-refractivity contribution in [3.05, 3.63) is 53.7 Å². The van der Waals surface area contributed by atoms with E-state index in [1.54, 1.807) is 12.3 Å². The minimum atomic E-state index is -0.103. The molecular weight excluding hydrogens is 240 g/mol. The van der Waals surface area contributed by atoms with Crippen molar-refractivity contribution in [1.29, 1.82) is 0 Å². The molecule has 0 unspecified atom stereocenters. The predicted octanol–water partition coefficient (Wildman–Crippen LogP) is 2.86. The third-order valence-electron chi connectivity index (χ3n) is 3.42. The molecule has 4 heteroatoms. The van der Waals surface area contributed by atoms with Gasteiger partial charge in [-0.15, -0.1) is 0 Å². The van der Waals surface area contributed by atoms with Crippen LogP contribution in [0.2, 0.25) is 0 Å². The van der Waals surface area contributed by atoms with Crippen molar-refractivity contribution in [3.8, 4) is 0 Å². The molecule has 0 saturated heterocycles. The van der Waals surface area contributed by atoms with Gasteiger partial charge in [0.2, 0.25) is 0 Å². The van der Waals surface area contributed by atoms with E-state index in [1.165, 1.54) is 12.5 Å². The summed E-state index contributed by atoms with van der Waals surface area (Å²) in [6.45, 7) is 2.03. The number of carbonyl (C=O) groups excluding carboxylic acids is 1. The van der Waals surface area contributed by atoms with E-state index in [4.69, 9.17) is 4.42 Å².